The Hall–Kier alpha value is -2.36. The Bertz CT molecular complexity index is 721. The van der Waals surface area contributed by atoms with Crippen molar-refractivity contribution in [3.8, 4) is 17.0 Å². The molecule has 0 bridgehead atoms. The summed E-state index contributed by atoms with van der Waals surface area (Å²) in [5.74, 6) is 0.503. The topological polar surface area (TPSA) is 26.5 Å². The summed E-state index contributed by atoms with van der Waals surface area (Å²) in [6, 6.07) is 10.8. The highest BCUT2D eigenvalue weighted by atomic mass is 19.1. The van der Waals surface area contributed by atoms with Crippen molar-refractivity contribution >= 4 is 5.65 Å². The maximum atomic E-state index is 13.2. The van der Waals surface area contributed by atoms with Crippen molar-refractivity contribution in [2.45, 2.75) is 6.92 Å². The molecule has 96 valence electrons. The number of ether oxygens (including phenoxy) is 1. The molecule has 0 saturated carbocycles. The molecule has 0 saturated heterocycles. The molecule has 0 aliphatic rings. The number of nitrogens with zero attached hydrogens (tertiary/aromatic N) is 2. The molecular formula is C15H13FN2O. The van der Waals surface area contributed by atoms with Gasteiger partial charge in [0.05, 0.1) is 12.3 Å². The largest absolute Gasteiger partial charge is 0.493 e. The molecule has 0 radical (unpaired) electrons. The maximum absolute atomic E-state index is 13.2. The molecule has 0 amide bonds. The zero-order valence-electron chi connectivity index (χ0n) is 10.5. The number of benzene rings is 1. The molecule has 0 atom stereocenters. The van der Waals surface area contributed by atoms with Gasteiger partial charge in [-0.2, -0.15) is 0 Å². The molecule has 0 aliphatic heterocycles. The average molecular weight is 256 g/mol. The van der Waals surface area contributed by atoms with E-state index < -0.39 is 0 Å². The van der Waals surface area contributed by atoms with Crippen molar-refractivity contribution in [3.05, 3.63) is 54.6 Å². The minimum Gasteiger partial charge on any atom is -0.493 e. The summed E-state index contributed by atoms with van der Waals surface area (Å²) in [5.41, 5.74) is 2.39. The predicted molar refractivity (Wildman–Crippen MR) is 71.8 cm³/mol. The fraction of sp³-hybridized carbons (Fsp3) is 0.133. The molecular weight excluding hydrogens is 243 g/mol. The molecule has 0 N–H and O–H groups in total. The van der Waals surface area contributed by atoms with Crippen LogP contribution in [0.2, 0.25) is 0 Å². The second kappa shape index (κ2) is 4.72. The first-order valence-electron chi connectivity index (χ1n) is 6.14. The lowest BCUT2D eigenvalue weighted by Gasteiger charge is -2.07. The zero-order valence-corrected chi connectivity index (χ0v) is 10.5. The predicted octanol–water partition coefficient (Wildman–Crippen LogP) is 3.54. The van der Waals surface area contributed by atoms with Crippen LogP contribution in [0, 0.1) is 5.82 Å². The fourth-order valence-electron chi connectivity index (χ4n) is 2.05. The second-order valence-corrected chi connectivity index (χ2v) is 4.17. The quantitative estimate of drug-likeness (QED) is 0.716. The van der Waals surface area contributed by atoms with Crippen LogP contribution >= 0.6 is 0 Å². The van der Waals surface area contributed by atoms with Gasteiger partial charge in [0.2, 0.25) is 0 Å². The third-order valence-corrected chi connectivity index (χ3v) is 2.88. The van der Waals surface area contributed by atoms with Crippen LogP contribution in [0.1, 0.15) is 6.92 Å². The number of halogens is 1. The van der Waals surface area contributed by atoms with Gasteiger partial charge < -0.3 is 9.14 Å². The van der Waals surface area contributed by atoms with Crippen molar-refractivity contribution < 1.29 is 9.13 Å². The summed E-state index contributed by atoms with van der Waals surface area (Å²) in [6.45, 7) is 2.54. The van der Waals surface area contributed by atoms with Crippen LogP contribution in [-0.4, -0.2) is 16.0 Å². The summed E-state index contributed by atoms with van der Waals surface area (Å²) < 4.78 is 20.4. The lowest BCUT2D eigenvalue weighted by atomic mass is 10.1. The van der Waals surface area contributed by atoms with E-state index in [1.807, 2.05) is 31.2 Å². The van der Waals surface area contributed by atoms with Crippen LogP contribution in [-0.2, 0) is 0 Å². The van der Waals surface area contributed by atoms with Gasteiger partial charge in [0.15, 0.2) is 0 Å². The highest BCUT2D eigenvalue weighted by molar-refractivity contribution is 5.69. The van der Waals surface area contributed by atoms with Crippen LogP contribution in [0.3, 0.4) is 0 Å². The highest BCUT2D eigenvalue weighted by Crippen LogP contribution is 2.29. The van der Waals surface area contributed by atoms with E-state index in [0.29, 0.717) is 12.3 Å². The minimum absolute atomic E-state index is 0.283. The minimum atomic E-state index is -0.283. The summed E-state index contributed by atoms with van der Waals surface area (Å²) in [5, 5.41) is 0. The summed E-state index contributed by atoms with van der Waals surface area (Å²) >= 11 is 0. The van der Waals surface area contributed by atoms with Gasteiger partial charge >= 0.3 is 0 Å². The third-order valence-electron chi connectivity index (χ3n) is 2.88. The normalized spacial score (nSPS) is 10.8. The molecule has 3 rings (SSSR count). The molecule has 4 heteroatoms. The summed E-state index contributed by atoms with van der Waals surface area (Å²) in [4.78, 5) is 4.48. The van der Waals surface area contributed by atoms with Gasteiger partial charge in [0.25, 0.3) is 0 Å². The Labute approximate surface area is 110 Å². The van der Waals surface area contributed by atoms with Crippen LogP contribution < -0.4 is 4.74 Å². The number of rotatable bonds is 3. The summed E-state index contributed by atoms with van der Waals surface area (Å²) in [6.07, 6.45) is 3.21. The van der Waals surface area contributed by atoms with Crippen molar-refractivity contribution in [2.75, 3.05) is 6.61 Å². The SMILES string of the molecule is CCOc1ccccc1-c1cn2cc(F)ccc2n1. The zero-order chi connectivity index (χ0) is 13.2. The maximum Gasteiger partial charge on any atom is 0.139 e. The molecule has 0 spiro atoms. The lowest BCUT2D eigenvalue weighted by Crippen LogP contribution is -1.93. The molecule has 0 fully saturated rings. The van der Waals surface area contributed by atoms with E-state index in [2.05, 4.69) is 4.98 Å². The van der Waals surface area contributed by atoms with E-state index in [1.54, 1.807) is 16.7 Å². The Morgan fingerprint density at radius 3 is 2.84 bits per heavy atom. The molecule has 3 aromatic rings. The first-order chi connectivity index (χ1) is 9.28. The molecule has 1 aromatic carbocycles. The Morgan fingerprint density at radius 2 is 2.00 bits per heavy atom. The van der Waals surface area contributed by atoms with Crippen molar-refractivity contribution in [1.29, 1.82) is 0 Å². The van der Waals surface area contributed by atoms with Gasteiger partial charge in [0.1, 0.15) is 17.2 Å². The van der Waals surface area contributed by atoms with E-state index in [9.17, 15) is 4.39 Å². The van der Waals surface area contributed by atoms with Gasteiger partial charge in [-0.15, -0.1) is 0 Å². The first-order valence-corrected chi connectivity index (χ1v) is 6.14. The van der Waals surface area contributed by atoms with E-state index in [1.165, 1.54) is 12.3 Å². The first kappa shape index (κ1) is 11.7. The van der Waals surface area contributed by atoms with Crippen LogP contribution in [0.15, 0.2) is 48.8 Å². The standard InChI is InChI=1S/C15H13FN2O/c1-2-19-14-6-4-3-5-12(14)13-10-18-9-11(16)7-8-15(18)17-13/h3-10H,2H2,1H3. The van der Waals surface area contributed by atoms with Crippen LogP contribution in [0.4, 0.5) is 4.39 Å². The average Bonchev–Trinajstić information content (AvgIpc) is 2.82. The third kappa shape index (κ3) is 2.17. The van der Waals surface area contributed by atoms with Gasteiger partial charge in [-0.1, -0.05) is 12.1 Å². The van der Waals surface area contributed by atoms with Gasteiger partial charge in [-0.25, -0.2) is 9.37 Å². The van der Waals surface area contributed by atoms with Gasteiger partial charge in [-0.3, -0.25) is 0 Å². The number of pyridine rings is 1. The summed E-state index contributed by atoms with van der Waals surface area (Å²) in [7, 11) is 0. The number of hydrogen-bond acceptors (Lipinski definition) is 2. The van der Waals surface area contributed by atoms with E-state index in [-0.39, 0.29) is 5.82 Å². The Kier molecular flexibility index (Phi) is 2.91. The second-order valence-electron chi connectivity index (χ2n) is 4.17. The monoisotopic (exact) mass is 256 g/mol. The molecule has 0 aliphatic carbocycles. The molecule has 2 aromatic heterocycles. The number of imidazole rings is 1. The van der Waals surface area contributed by atoms with E-state index >= 15 is 0 Å². The van der Waals surface area contributed by atoms with Crippen molar-refractivity contribution in [3.63, 3.8) is 0 Å². The molecule has 19 heavy (non-hydrogen) atoms. The van der Waals surface area contributed by atoms with Crippen LogP contribution in [0.25, 0.3) is 16.9 Å². The van der Waals surface area contributed by atoms with Gasteiger partial charge in [-0.05, 0) is 31.2 Å². The molecule has 2 heterocycles. The molecule has 0 unspecified atom stereocenters. The van der Waals surface area contributed by atoms with E-state index in [4.69, 9.17) is 4.74 Å². The molecule has 3 nitrogen and oxygen atoms in total. The smallest absolute Gasteiger partial charge is 0.139 e. The fourth-order valence-corrected chi connectivity index (χ4v) is 2.05. The number of hydrogen-bond donors (Lipinski definition) is 0. The van der Waals surface area contributed by atoms with Crippen LogP contribution in [0.5, 0.6) is 5.75 Å². The van der Waals surface area contributed by atoms with Crippen molar-refractivity contribution in [1.82, 2.24) is 9.38 Å². The van der Waals surface area contributed by atoms with E-state index in [0.717, 1.165) is 17.0 Å². The number of para-hydroxylation sites is 1. The van der Waals surface area contributed by atoms with Gasteiger partial charge in [0, 0.05) is 18.0 Å². The lowest BCUT2D eigenvalue weighted by molar-refractivity contribution is 0.341. The Morgan fingerprint density at radius 1 is 1.16 bits per heavy atom. The van der Waals surface area contributed by atoms with Crippen molar-refractivity contribution in [2.24, 2.45) is 0 Å². The number of aromatic nitrogens is 2. The Balaban J connectivity index is 2.13. The number of fused-ring (bicyclic) bond motifs is 1. The highest BCUT2D eigenvalue weighted by Gasteiger charge is 2.09.